The first-order chi connectivity index (χ1) is 27.8. The first kappa shape index (κ1) is 40.3. The zero-order valence-corrected chi connectivity index (χ0v) is 32.4. The summed E-state index contributed by atoms with van der Waals surface area (Å²) in [6.45, 7) is 1.76. The number of carbonyl (C=O) groups is 1. The number of hydrogen-bond acceptors (Lipinski definition) is 13. The molecule has 0 saturated carbocycles. The van der Waals surface area contributed by atoms with Gasteiger partial charge in [-0.15, -0.1) is 10.2 Å². The molecule has 0 atom stereocenters. The van der Waals surface area contributed by atoms with Gasteiger partial charge in [0.25, 0.3) is 30.4 Å². The zero-order chi connectivity index (χ0) is 42.4. The Balaban J connectivity index is 1.14. The number of hydrogen-bond donors (Lipinski definition) is 7. The lowest BCUT2D eigenvalue weighted by molar-refractivity contribution is 0.262. The van der Waals surface area contributed by atoms with Crippen LogP contribution in [0.4, 0.5) is 38.9 Å². The number of carbonyl (C=O) groups excluding carboxylic acids is 1. The van der Waals surface area contributed by atoms with Gasteiger partial charge in [-0.05, 0) is 113 Å². The number of nitrogens with one attached hydrogen (secondary N) is 2. The maximum Gasteiger partial charge on any atom is 0.323 e. The Labute approximate surface area is 334 Å². The minimum atomic E-state index is -5.01. The number of fused-ring (bicyclic) bond motifs is 3. The van der Waals surface area contributed by atoms with E-state index in [2.05, 4.69) is 31.1 Å². The molecule has 59 heavy (non-hydrogen) atoms. The van der Waals surface area contributed by atoms with E-state index < -0.39 is 69.1 Å². The number of aryl methyl sites for hydroxylation is 1. The van der Waals surface area contributed by atoms with Gasteiger partial charge in [0.2, 0.25) is 0 Å². The molecule has 0 fully saturated rings. The zero-order valence-electron chi connectivity index (χ0n) is 30.0. The first-order valence-corrected chi connectivity index (χ1v) is 21.1. The molecule has 0 spiro atoms. The number of anilines is 2. The summed E-state index contributed by atoms with van der Waals surface area (Å²) >= 11 is 0. The van der Waals surface area contributed by atoms with Crippen molar-refractivity contribution in [3.63, 3.8) is 0 Å². The molecule has 7 N–H and O–H groups in total. The fraction of sp³-hybridized carbons (Fsp3) is 0.0263. The van der Waals surface area contributed by atoms with Crippen molar-refractivity contribution in [1.29, 1.82) is 0 Å². The van der Waals surface area contributed by atoms with Crippen LogP contribution in [0.2, 0.25) is 0 Å². The molecular formula is C38H28N6O12S3. The van der Waals surface area contributed by atoms with Crippen molar-refractivity contribution >= 4 is 103 Å². The Morgan fingerprint density at radius 2 is 1.03 bits per heavy atom. The molecule has 0 aliphatic carbocycles. The van der Waals surface area contributed by atoms with E-state index in [9.17, 15) is 53.9 Å². The van der Waals surface area contributed by atoms with Crippen molar-refractivity contribution in [1.82, 2.24) is 0 Å². The first-order valence-electron chi connectivity index (χ1n) is 16.8. The molecule has 0 aliphatic heterocycles. The Bertz CT molecular complexity index is 3320. The van der Waals surface area contributed by atoms with E-state index in [0.29, 0.717) is 16.5 Å². The van der Waals surface area contributed by atoms with Crippen LogP contribution >= 0.6 is 0 Å². The summed E-state index contributed by atoms with van der Waals surface area (Å²) in [6.07, 6.45) is 0. The predicted molar refractivity (Wildman–Crippen MR) is 217 cm³/mol. The van der Waals surface area contributed by atoms with Crippen molar-refractivity contribution < 1.29 is 53.9 Å². The van der Waals surface area contributed by atoms with Gasteiger partial charge in [0.1, 0.15) is 21.2 Å². The van der Waals surface area contributed by atoms with Crippen LogP contribution in [0.1, 0.15) is 5.56 Å². The van der Waals surface area contributed by atoms with Gasteiger partial charge in [-0.1, -0.05) is 30.3 Å². The minimum Gasteiger partial charge on any atom is -0.505 e. The van der Waals surface area contributed by atoms with Gasteiger partial charge in [0.15, 0.2) is 11.5 Å². The second-order valence-corrected chi connectivity index (χ2v) is 17.1. The molecule has 21 heteroatoms. The summed E-state index contributed by atoms with van der Waals surface area (Å²) in [5, 5.41) is 44.3. The summed E-state index contributed by atoms with van der Waals surface area (Å²) in [6, 6.07) is 24.5. The number of amides is 2. The second-order valence-electron chi connectivity index (χ2n) is 12.9. The van der Waals surface area contributed by atoms with E-state index in [0.717, 1.165) is 17.7 Å². The molecule has 18 nitrogen and oxygen atoms in total. The molecule has 0 heterocycles. The van der Waals surface area contributed by atoms with Gasteiger partial charge in [0.05, 0.1) is 16.3 Å². The SMILES string of the molecule is Cc1ccccc1N=Nc1c(S(=O)(=O)O)cc2cc(NC(=O)Nc3ccc4c(O)c(N=Nc5ccc6cc(S(=O)(=O)O)ccc6c5)c(S(=O)(=O)O)cc4c3)ccc2c1O. The van der Waals surface area contributed by atoms with Crippen LogP contribution in [0.15, 0.2) is 144 Å². The highest BCUT2D eigenvalue weighted by molar-refractivity contribution is 7.86. The van der Waals surface area contributed by atoms with Crippen LogP contribution in [0, 0.1) is 6.92 Å². The quantitative estimate of drug-likeness (QED) is 0.0528. The number of phenolic OH excluding ortho intramolecular Hbond substituents is 2. The van der Waals surface area contributed by atoms with Crippen molar-refractivity contribution in [2.75, 3.05) is 10.6 Å². The molecule has 7 aromatic rings. The van der Waals surface area contributed by atoms with E-state index in [1.54, 1.807) is 31.2 Å². The molecule has 0 bridgehead atoms. The molecule has 7 rings (SSSR count). The van der Waals surface area contributed by atoms with E-state index in [1.807, 2.05) is 0 Å². The van der Waals surface area contributed by atoms with Crippen molar-refractivity contribution in [2.24, 2.45) is 20.5 Å². The monoisotopic (exact) mass is 856 g/mol. The summed E-state index contributed by atoms with van der Waals surface area (Å²) in [5.74, 6) is -1.26. The molecule has 0 aromatic heterocycles. The molecule has 300 valence electrons. The van der Waals surface area contributed by atoms with E-state index in [4.69, 9.17) is 0 Å². The number of nitrogens with zero attached hydrogens (tertiary/aromatic N) is 4. The highest BCUT2D eigenvalue weighted by Gasteiger charge is 2.24. The number of benzene rings is 7. The standard InChI is InChI=1S/C38H28N6O12S3/c1-20-4-2-3-5-31(20)42-44-35-33(59(54,55)56)19-24-16-26(10-13-30(24)37(35)46)40-38(47)39-25-9-12-29-23(15-25)18-32(58(51,52)53)34(36(29)45)43-41-27-8-6-22-17-28(57(48,49)50)11-7-21(22)14-27/h2-19,45-46H,1H3,(H2,39,40,47)(H,48,49,50)(H,51,52,53)(H,54,55,56). The number of rotatable bonds is 9. The van der Waals surface area contributed by atoms with Gasteiger partial charge in [-0.2, -0.15) is 35.5 Å². The van der Waals surface area contributed by atoms with Crippen LogP contribution < -0.4 is 10.6 Å². The molecule has 2 amide bonds. The minimum absolute atomic E-state index is 0.0570. The maximum atomic E-state index is 13.1. The average molecular weight is 857 g/mol. The lowest BCUT2D eigenvalue weighted by Gasteiger charge is -2.13. The largest absolute Gasteiger partial charge is 0.505 e. The van der Waals surface area contributed by atoms with Gasteiger partial charge in [-0.3, -0.25) is 13.7 Å². The van der Waals surface area contributed by atoms with Crippen molar-refractivity contribution in [2.45, 2.75) is 21.6 Å². The number of aromatic hydroxyl groups is 2. The Morgan fingerprint density at radius 3 is 1.56 bits per heavy atom. The number of urea groups is 1. The lowest BCUT2D eigenvalue weighted by atomic mass is 10.1. The van der Waals surface area contributed by atoms with Gasteiger partial charge in [0, 0.05) is 22.1 Å². The summed E-state index contributed by atoms with van der Waals surface area (Å²) in [7, 11) is -14.4. The van der Waals surface area contributed by atoms with Crippen LogP contribution in [0.3, 0.4) is 0 Å². The molecular weight excluding hydrogens is 829 g/mol. The van der Waals surface area contributed by atoms with Gasteiger partial charge >= 0.3 is 6.03 Å². The van der Waals surface area contributed by atoms with Gasteiger partial charge < -0.3 is 20.8 Å². The lowest BCUT2D eigenvalue weighted by Crippen LogP contribution is -2.19. The normalized spacial score (nSPS) is 12.5. The Kier molecular flexibility index (Phi) is 10.3. The van der Waals surface area contributed by atoms with E-state index >= 15 is 0 Å². The fourth-order valence-electron chi connectivity index (χ4n) is 6.06. The fourth-order valence-corrected chi connectivity index (χ4v) is 7.89. The third-order valence-electron chi connectivity index (χ3n) is 8.91. The van der Waals surface area contributed by atoms with E-state index in [-0.39, 0.29) is 43.5 Å². The van der Waals surface area contributed by atoms with Crippen LogP contribution in [0.25, 0.3) is 32.3 Å². The Hall–Kier alpha value is -6.88. The highest BCUT2D eigenvalue weighted by atomic mass is 32.2. The maximum absolute atomic E-state index is 13.1. The number of azo groups is 2. The average Bonchev–Trinajstić information content (AvgIpc) is 3.16. The molecule has 0 aliphatic rings. The molecule has 0 radical (unpaired) electrons. The van der Waals surface area contributed by atoms with E-state index in [1.165, 1.54) is 72.8 Å². The topological polar surface area (TPSA) is 294 Å². The predicted octanol–water partition coefficient (Wildman–Crippen LogP) is 9.08. The smallest absolute Gasteiger partial charge is 0.323 e. The molecule has 0 saturated heterocycles. The molecule has 0 unspecified atom stereocenters. The number of phenols is 2. The van der Waals surface area contributed by atoms with Crippen LogP contribution in [-0.2, 0) is 30.4 Å². The summed E-state index contributed by atoms with van der Waals surface area (Å²) in [4.78, 5) is 11.2. The van der Waals surface area contributed by atoms with Crippen LogP contribution in [0.5, 0.6) is 11.5 Å². The highest BCUT2D eigenvalue weighted by Crippen LogP contribution is 2.44. The molecule has 7 aromatic carbocycles. The Morgan fingerprint density at radius 1 is 0.525 bits per heavy atom. The second kappa shape index (κ2) is 15.1. The van der Waals surface area contributed by atoms with Gasteiger partial charge in [-0.25, -0.2) is 4.79 Å². The van der Waals surface area contributed by atoms with Crippen molar-refractivity contribution in [3.05, 3.63) is 115 Å². The summed E-state index contributed by atoms with van der Waals surface area (Å²) < 4.78 is 102. The van der Waals surface area contributed by atoms with Crippen molar-refractivity contribution in [3.8, 4) is 11.5 Å². The summed E-state index contributed by atoms with van der Waals surface area (Å²) in [5.41, 5.74) is 0.423. The third kappa shape index (κ3) is 8.55. The third-order valence-corrected chi connectivity index (χ3v) is 11.5. The van der Waals surface area contributed by atoms with Crippen LogP contribution in [-0.4, -0.2) is 55.2 Å².